The number of ether oxygens (including phenoxy) is 2. The second kappa shape index (κ2) is 9.03. The second-order valence-electron chi connectivity index (χ2n) is 10.8. The lowest BCUT2D eigenvalue weighted by atomic mass is 9.51. The zero-order valence-electron chi connectivity index (χ0n) is 19.5. The topological polar surface area (TPSA) is 73.6 Å². The molecule has 2 bridgehead atoms. The molecular formula is C27H37FN2O3. The van der Waals surface area contributed by atoms with Crippen molar-refractivity contribution in [2.75, 3.05) is 26.4 Å². The molecule has 1 aromatic carbocycles. The van der Waals surface area contributed by atoms with E-state index in [9.17, 15) is 9.18 Å². The fourth-order valence-electron chi connectivity index (χ4n) is 6.55. The van der Waals surface area contributed by atoms with E-state index >= 15 is 0 Å². The SMILES string of the molecule is NC/C(=C\F)COc1ccc(C23CCC(C(=O)NC4(C5CCOCC5)CC4)(CC2)CC3)cc1. The van der Waals surface area contributed by atoms with Gasteiger partial charge in [-0.1, -0.05) is 12.1 Å². The second-order valence-corrected chi connectivity index (χ2v) is 10.8. The maximum Gasteiger partial charge on any atom is 0.226 e. The Morgan fingerprint density at radius 1 is 1.06 bits per heavy atom. The van der Waals surface area contributed by atoms with E-state index in [1.54, 1.807) is 0 Å². The van der Waals surface area contributed by atoms with Crippen LogP contribution in [0.1, 0.15) is 69.8 Å². The zero-order chi connectivity index (χ0) is 22.9. The van der Waals surface area contributed by atoms with Gasteiger partial charge in [-0.2, -0.15) is 0 Å². The Kier molecular flexibility index (Phi) is 6.25. The summed E-state index contributed by atoms with van der Waals surface area (Å²) in [4.78, 5) is 13.5. The van der Waals surface area contributed by atoms with Crippen molar-refractivity contribution in [3.8, 4) is 5.75 Å². The number of fused-ring (bicyclic) bond motifs is 3. The van der Waals surface area contributed by atoms with Crippen LogP contribution in [0.15, 0.2) is 36.2 Å². The van der Waals surface area contributed by atoms with Crippen LogP contribution in [0.5, 0.6) is 5.75 Å². The molecule has 5 fully saturated rings. The predicted octanol–water partition coefficient (Wildman–Crippen LogP) is 4.54. The van der Waals surface area contributed by atoms with Gasteiger partial charge < -0.3 is 20.5 Å². The number of halogens is 1. The third kappa shape index (κ3) is 4.32. The smallest absolute Gasteiger partial charge is 0.226 e. The van der Waals surface area contributed by atoms with Gasteiger partial charge in [0.2, 0.25) is 5.91 Å². The van der Waals surface area contributed by atoms with Gasteiger partial charge in [-0.25, -0.2) is 4.39 Å². The fourth-order valence-corrected chi connectivity index (χ4v) is 6.55. The molecule has 6 rings (SSSR count). The van der Waals surface area contributed by atoms with E-state index in [0.29, 0.717) is 23.7 Å². The molecule has 180 valence electrons. The molecule has 5 aliphatic rings. The minimum Gasteiger partial charge on any atom is -0.489 e. The Morgan fingerprint density at radius 2 is 1.70 bits per heavy atom. The van der Waals surface area contributed by atoms with E-state index in [1.807, 2.05) is 12.1 Å². The van der Waals surface area contributed by atoms with Crippen molar-refractivity contribution in [1.82, 2.24) is 5.32 Å². The van der Waals surface area contributed by atoms with Crippen molar-refractivity contribution in [2.45, 2.75) is 75.2 Å². The van der Waals surface area contributed by atoms with E-state index in [2.05, 4.69) is 17.4 Å². The monoisotopic (exact) mass is 456 g/mol. The fraction of sp³-hybridized carbons (Fsp3) is 0.667. The van der Waals surface area contributed by atoms with Crippen LogP contribution in [0.25, 0.3) is 0 Å². The maximum atomic E-state index is 13.5. The number of nitrogens with one attached hydrogen (secondary N) is 1. The molecule has 0 atom stereocenters. The summed E-state index contributed by atoms with van der Waals surface area (Å²) in [6.45, 7) is 1.99. The summed E-state index contributed by atoms with van der Waals surface area (Å²) < 4.78 is 23.9. The Bertz CT molecular complexity index is 863. The van der Waals surface area contributed by atoms with Crippen molar-refractivity contribution in [1.29, 1.82) is 0 Å². The van der Waals surface area contributed by atoms with Crippen LogP contribution in [0, 0.1) is 11.3 Å². The van der Waals surface area contributed by atoms with Crippen LogP contribution in [0.3, 0.4) is 0 Å². The average molecular weight is 457 g/mol. The summed E-state index contributed by atoms with van der Waals surface area (Å²) in [6.07, 6.45) is 11.0. The molecule has 5 nitrogen and oxygen atoms in total. The van der Waals surface area contributed by atoms with Crippen LogP contribution in [0.2, 0.25) is 0 Å². The Balaban J connectivity index is 1.20. The normalized spacial score (nSPS) is 31.3. The van der Waals surface area contributed by atoms with Gasteiger partial charge in [0, 0.05) is 36.3 Å². The molecule has 1 aromatic rings. The summed E-state index contributed by atoms with van der Waals surface area (Å²) in [5.41, 5.74) is 7.32. The molecule has 0 unspecified atom stereocenters. The van der Waals surface area contributed by atoms with Gasteiger partial charge in [0.1, 0.15) is 12.4 Å². The van der Waals surface area contributed by atoms with Crippen molar-refractivity contribution < 1.29 is 18.7 Å². The first-order valence-electron chi connectivity index (χ1n) is 12.7. The molecule has 1 heterocycles. The number of carbonyl (C=O) groups excluding carboxylic acids is 1. The average Bonchev–Trinajstić information content (AvgIpc) is 3.67. The highest BCUT2D eigenvalue weighted by atomic mass is 19.1. The predicted molar refractivity (Wildman–Crippen MR) is 126 cm³/mol. The van der Waals surface area contributed by atoms with Crippen LogP contribution in [-0.2, 0) is 14.9 Å². The molecule has 0 spiro atoms. The van der Waals surface area contributed by atoms with Gasteiger partial charge in [0.05, 0.1) is 6.33 Å². The highest BCUT2D eigenvalue weighted by Gasteiger charge is 2.57. The number of nitrogens with two attached hydrogens (primary N) is 1. The summed E-state index contributed by atoms with van der Waals surface area (Å²) >= 11 is 0. The number of hydrogen-bond donors (Lipinski definition) is 2. The van der Waals surface area contributed by atoms with Gasteiger partial charge in [-0.15, -0.1) is 0 Å². The van der Waals surface area contributed by atoms with E-state index in [-0.39, 0.29) is 29.5 Å². The number of carbonyl (C=O) groups is 1. The highest BCUT2D eigenvalue weighted by molar-refractivity contribution is 5.84. The van der Waals surface area contributed by atoms with E-state index in [4.69, 9.17) is 15.2 Å². The molecule has 4 saturated carbocycles. The maximum absolute atomic E-state index is 13.5. The van der Waals surface area contributed by atoms with Gasteiger partial charge in [-0.05, 0) is 93.2 Å². The van der Waals surface area contributed by atoms with E-state index in [0.717, 1.165) is 83.2 Å². The standard InChI is InChI=1S/C27H37FN2O3/c28-17-20(18-29)19-33-23-3-1-21(2-4-23)25-7-10-26(11-8-25,12-9-25)24(31)30-27(13-14-27)22-5-15-32-16-6-22/h1-4,17,22H,5-16,18-19,29H2,(H,30,31)/b20-17+. The minimum atomic E-state index is -0.178. The third-order valence-corrected chi connectivity index (χ3v) is 9.19. The first-order valence-corrected chi connectivity index (χ1v) is 12.7. The number of hydrogen-bond acceptors (Lipinski definition) is 4. The quantitative estimate of drug-likeness (QED) is 0.602. The Hall–Kier alpha value is -1.92. The molecular weight excluding hydrogens is 419 g/mol. The minimum absolute atomic E-state index is 0.0541. The van der Waals surface area contributed by atoms with Gasteiger partial charge in [-0.3, -0.25) is 4.79 Å². The summed E-state index contributed by atoms with van der Waals surface area (Å²) in [7, 11) is 0. The molecule has 1 saturated heterocycles. The first-order chi connectivity index (χ1) is 16.0. The molecule has 0 aromatic heterocycles. The number of rotatable bonds is 8. The lowest BCUT2D eigenvalue weighted by molar-refractivity contribution is -0.139. The molecule has 0 radical (unpaired) electrons. The molecule has 3 N–H and O–H groups in total. The highest BCUT2D eigenvalue weighted by Crippen LogP contribution is 2.58. The summed E-state index contributed by atoms with van der Waals surface area (Å²) in [5.74, 6) is 1.63. The van der Waals surface area contributed by atoms with Crippen LogP contribution >= 0.6 is 0 Å². The van der Waals surface area contributed by atoms with Crippen molar-refractivity contribution in [3.63, 3.8) is 0 Å². The lowest BCUT2D eigenvalue weighted by Gasteiger charge is -2.53. The molecule has 6 heteroatoms. The largest absolute Gasteiger partial charge is 0.489 e. The van der Waals surface area contributed by atoms with Gasteiger partial charge >= 0.3 is 0 Å². The summed E-state index contributed by atoms with van der Waals surface area (Å²) in [6, 6.07) is 8.26. The number of benzene rings is 1. The van der Waals surface area contributed by atoms with E-state index < -0.39 is 0 Å². The number of amides is 1. The third-order valence-electron chi connectivity index (χ3n) is 9.19. The van der Waals surface area contributed by atoms with Crippen LogP contribution in [-0.4, -0.2) is 37.8 Å². The van der Waals surface area contributed by atoms with Crippen molar-refractivity contribution in [2.24, 2.45) is 17.1 Å². The molecule has 1 aliphatic heterocycles. The Labute approximate surface area is 196 Å². The zero-order valence-corrected chi connectivity index (χ0v) is 19.5. The first kappa shape index (κ1) is 22.9. The lowest BCUT2D eigenvalue weighted by Crippen LogP contribution is -2.55. The van der Waals surface area contributed by atoms with Crippen LogP contribution in [0.4, 0.5) is 4.39 Å². The molecule has 4 aliphatic carbocycles. The van der Waals surface area contributed by atoms with E-state index in [1.165, 1.54) is 5.56 Å². The van der Waals surface area contributed by atoms with Crippen LogP contribution < -0.4 is 15.8 Å². The van der Waals surface area contributed by atoms with Crippen molar-refractivity contribution in [3.05, 3.63) is 41.7 Å². The van der Waals surface area contributed by atoms with Crippen molar-refractivity contribution >= 4 is 5.91 Å². The summed E-state index contributed by atoms with van der Waals surface area (Å²) in [5, 5.41) is 3.56. The van der Waals surface area contributed by atoms with Gasteiger partial charge in [0.25, 0.3) is 0 Å². The molecule has 1 amide bonds. The van der Waals surface area contributed by atoms with Gasteiger partial charge in [0.15, 0.2) is 0 Å². The Morgan fingerprint density at radius 3 is 2.24 bits per heavy atom. The molecule has 33 heavy (non-hydrogen) atoms.